The summed E-state index contributed by atoms with van der Waals surface area (Å²) in [7, 11) is 1.93. The smallest absolute Gasteiger partial charge is 0.273 e. The molecule has 2 aromatic heterocycles. The van der Waals surface area contributed by atoms with E-state index >= 15 is 0 Å². The van der Waals surface area contributed by atoms with Crippen molar-refractivity contribution in [3.63, 3.8) is 0 Å². The van der Waals surface area contributed by atoms with Crippen molar-refractivity contribution in [2.75, 3.05) is 17.3 Å². The van der Waals surface area contributed by atoms with Gasteiger partial charge in [-0.3, -0.25) is 14.2 Å². The molecule has 0 radical (unpaired) electrons. The van der Waals surface area contributed by atoms with Gasteiger partial charge in [0.2, 0.25) is 5.91 Å². The average molecular weight is 434 g/mol. The maximum Gasteiger partial charge on any atom is 0.273 e. The van der Waals surface area contributed by atoms with E-state index < -0.39 is 0 Å². The number of aromatic nitrogens is 3. The number of fused-ring (bicyclic) bond motifs is 1. The maximum absolute atomic E-state index is 12.9. The summed E-state index contributed by atoms with van der Waals surface area (Å²) in [5.41, 5.74) is 3.10. The van der Waals surface area contributed by atoms with Crippen LogP contribution in [0.15, 0.2) is 65.7 Å². The molecule has 0 unspecified atom stereocenters. The first-order chi connectivity index (χ1) is 15.0. The Morgan fingerprint density at radius 3 is 2.65 bits per heavy atom. The van der Waals surface area contributed by atoms with Crippen molar-refractivity contribution in [3.05, 3.63) is 82.4 Å². The van der Waals surface area contributed by atoms with E-state index in [9.17, 15) is 9.59 Å². The van der Waals surface area contributed by atoms with E-state index in [1.165, 1.54) is 22.2 Å². The zero-order chi connectivity index (χ0) is 21.8. The highest BCUT2D eigenvalue weighted by molar-refractivity contribution is 7.22. The number of benzene rings is 2. The molecule has 1 N–H and O–H groups in total. The first-order valence-corrected chi connectivity index (χ1v) is 10.9. The number of anilines is 2. The highest BCUT2D eigenvalue weighted by atomic mass is 32.1. The van der Waals surface area contributed by atoms with Crippen LogP contribution >= 0.6 is 11.3 Å². The zero-order valence-electron chi connectivity index (χ0n) is 17.4. The fraction of sp³-hybridized carbons (Fsp3) is 0.217. The minimum atomic E-state index is -0.268. The van der Waals surface area contributed by atoms with Crippen LogP contribution in [0.2, 0.25) is 0 Å². The Balaban J connectivity index is 1.52. The van der Waals surface area contributed by atoms with Crippen molar-refractivity contribution < 1.29 is 4.79 Å². The number of hydrogen-bond acceptors (Lipinski definition) is 6. The zero-order valence-corrected chi connectivity index (χ0v) is 18.2. The van der Waals surface area contributed by atoms with Crippen molar-refractivity contribution in [1.29, 1.82) is 0 Å². The summed E-state index contributed by atoms with van der Waals surface area (Å²) in [6.45, 7) is 2.60. The van der Waals surface area contributed by atoms with Crippen molar-refractivity contribution in [3.8, 4) is 0 Å². The Bertz CT molecular complexity index is 1270. The predicted molar refractivity (Wildman–Crippen MR) is 125 cm³/mol. The number of carbonyl (C=O) groups excluding carboxylic acids is 1. The van der Waals surface area contributed by atoms with Crippen LogP contribution in [0.5, 0.6) is 0 Å². The molecule has 0 saturated heterocycles. The van der Waals surface area contributed by atoms with Gasteiger partial charge in [0.25, 0.3) is 5.56 Å². The number of para-hydroxylation sites is 1. The van der Waals surface area contributed by atoms with E-state index in [-0.39, 0.29) is 18.0 Å². The summed E-state index contributed by atoms with van der Waals surface area (Å²) in [6.07, 6.45) is 2.20. The molecule has 8 heteroatoms. The third-order valence-electron chi connectivity index (χ3n) is 4.95. The second-order valence-electron chi connectivity index (χ2n) is 7.23. The van der Waals surface area contributed by atoms with E-state index in [1.54, 1.807) is 0 Å². The van der Waals surface area contributed by atoms with E-state index in [4.69, 9.17) is 0 Å². The van der Waals surface area contributed by atoms with Gasteiger partial charge in [0.1, 0.15) is 17.6 Å². The molecular formula is C23H23N5O2S. The SMILES string of the molecule is CCc1ccccc1NC(=O)Cn1cnc2nc(N(C)Cc3ccccc3)sc2c1=O. The molecule has 2 aromatic carbocycles. The van der Waals surface area contributed by atoms with Gasteiger partial charge in [-0.1, -0.05) is 66.8 Å². The van der Waals surface area contributed by atoms with Gasteiger partial charge in [-0.25, -0.2) is 4.98 Å². The van der Waals surface area contributed by atoms with Crippen LogP contribution in [0.4, 0.5) is 10.8 Å². The summed E-state index contributed by atoms with van der Waals surface area (Å²) < 4.78 is 1.77. The lowest BCUT2D eigenvalue weighted by atomic mass is 10.1. The molecule has 31 heavy (non-hydrogen) atoms. The number of thiazole rings is 1. The summed E-state index contributed by atoms with van der Waals surface area (Å²) in [6, 6.07) is 17.7. The van der Waals surface area contributed by atoms with Gasteiger partial charge in [-0.2, -0.15) is 4.98 Å². The van der Waals surface area contributed by atoms with Crippen molar-refractivity contribution in [2.24, 2.45) is 0 Å². The standard InChI is InChI=1S/C23H23N5O2S/c1-3-17-11-7-8-12-18(17)25-19(29)14-28-15-24-21-20(22(28)30)31-23(26-21)27(2)13-16-9-5-4-6-10-16/h4-12,15H,3,13-14H2,1-2H3,(H,25,29). The first kappa shape index (κ1) is 20.7. The second kappa shape index (κ2) is 9.09. The summed E-state index contributed by atoms with van der Waals surface area (Å²) in [5, 5.41) is 3.60. The molecule has 7 nitrogen and oxygen atoms in total. The molecule has 0 bridgehead atoms. The van der Waals surface area contributed by atoms with Crippen molar-refractivity contribution >= 4 is 38.4 Å². The lowest BCUT2D eigenvalue weighted by Crippen LogP contribution is -2.27. The van der Waals surface area contributed by atoms with E-state index in [1.807, 2.05) is 73.5 Å². The Hall–Kier alpha value is -3.52. The maximum atomic E-state index is 12.9. The Morgan fingerprint density at radius 2 is 1.87 bits per heavy atom. The second-order valence-corrected chi connectivity index (χ2v) is 8.20. The quantitative estimate of drug-likeness (QED) is 0.481. The predicted octanol–water partition coefficient (Wildman–Crippen LogP) is 3.69. The molecule has 0 saturated carbocycles. The number of carbonyl (C=O) groups is 1. The number of nitrogens with zero attached hydrogens (tertiary/aromatic N) is 4. The summed E-state index contributed by atoms with van der Waals surface area (Å²) in [5.74, 6) is -0.268. The number of aryl methyl sites for hydroxylation is 1. The van der Waals surface area contributed by atoms with Gasteiger partial charge < -0.3 is 10.2 Å². The van der Waals surface area contributed by atoms with Gasteiger partial charge in [0.05, 0.1) is 0 Å². The number of nitrogens with one attached hydrogen (secondary N) is 1. The van der Waals surface area contributed by atoms with Crippen LogP contribution in [0.25, 0.3) is 10.3 Å². The van der Waals surface area contributed by atoms with Crippen LogP contribution in [0, 0.1) is 0 Å². The number of amides is 1. The normalized spacial score (nSPS) is 10.9. The summed E-state index contributed by atoms with van der Waals surface area (Å²) >= 11 is 1.29. The molecule has 2 heterocycles. The van der Waals surface area contributed by atoms with Crippen LogP contribution in [0.1, 0.15) is 18.1 Å². The van der Waals surface area contributed by atoms with Crippen LogP contribution in [-0.2, 0) is 24.3 Å². The van der Waals surface area contributed by atoms with E-state index in [0.717, 1.165) is 23.2 Å². The monoisotopic (exact) mass is 433 g/mol. The lowest BCUT2D eigenvalue weighted by molar-refractivity contribution is -0.116. The van der Waals surface area contributed by atoms with Crippen molar-refractivity contribution in [1.82, 2.24) is 14.5 Å². The third kappa shape index (κ3) is 4.64. The van der Waals surface area contributed by atoms with Gasteiger partial charge in [0.15, 0.2) is 10.8 Å². The fourth-order valence-corrected chi connectivity index (χ4v) is 4.26. The highest BCUT2D eigenvalue weighted by Crippen LogP contribution is 2.25. The molecule has 0 fully saturated rings. The molecule has 0 aliphatic heterocycles. The Morgan fingerprint density at radius 1 is 1.13 bits per heavy atom. The third-order valence-corrected chi connectivity index (χ3v) is 6.09. The minimum absolute atomic E-state index is 0.104. The molecule has 0 aliphatic carbocycles. The molecule has 4 rings (SSSR count). The first-order valence-electron chi connectivity index (χ1n) is 10.0. The lowest BCUT2D eigenvalue weighted by Gasteiger charge is -2.15. The van der Waals surface area contributed by atoms with Crippen LogP contribution in [0.3, 0.4) is 0 Å². The summed E-state index contributed by atoms with van der Waals surface area (Å²) in [4.78, 5) is 36.3. The van der Waals surface area contributed by atoms with Gasteiger partial charge in [0, 0.05) is 19.3 Å². The molecule has 158 valence electrons. The number of rotatable bonds is 7. The molecule has 0 spiro atoms. The molecular weight excluding hydrogens is 410 g/mol. The Labute approximate surface area is 184 Å². The largest absolute Gasteiger partial charge is 0.347 e. The topological polar surface area (TPSA) is 80.1 Å². The molecule has 0 aliphatic rings. The van der Waals surface area contributed by atoms with Gasteiger partial charge in [-0.05, 0) is 23.6 Å². The molecule has 1 amide bonds. The minimum Gasteiger partial charge on any atom is -0.347 e. The highest BCUT2D eigenvalue weighted by Gasteiger charge is 2.15. The van der Waals surface area contributed by atoms with Crippen LogP contribution in [-0.4, -0.2) is 27.5 Å². The Kier molecular flexibility index (Phi) is 6.08. The van der Waals surface area contributed by atoms with E-state index in [2.05, 4.69) is 15.3 Å². The number of hydrogen-bond donors (Lipinski definition) is 1. The molecule has 4 aromatic rings. The molecule has 0 atom stereocenters. The fourth-order valence-electron chi connectivity index (χ4n) is 3.33. The van der Waals surface area contributed by atoms with Gasteiger partial charge >= 0.3 is 0 Å². The van der Waals surface area contributed by atoms with Gasteiger partial charge in [-0.15, -0.1) is 0 Å². The van der Waals surface area contributed by atoms with Crippen molar-refractivity contribution in [2.45, 2.75) is 26.4 Å². The average Bonchev–Trinajstić information content (AvgIpc) is 3.22. The van der Waals surface area contributed by atoms with E-state index in [0.29, 0.717) is 22.0 Å². The van der Waals surface area contributed by atoms with Crippen LogP contribution < -0.4 is 15.8 Å².